The second-order valence-electron chi connectivity index (χ2n) is 18.4. The molecule has 2 heterocycles. The van der Waals surface area contributed by atoms with Gasteiger partial charge in [0.25, 0.3) is 10.0 Å². The van der Waals surface area contributed by atoms with Crippen LogP contribution in [0.1, 0.15) is 101 Å². The van der Waals surface area contributed by atoms with Crippen molar-refractivity contribution in [2.45, 2.75) is 102 Å². The molecule has 0 spiro atoms. The van der Waals surface area contributed by atoms with Crippen molar-refractivity contribution in [1.82, 2.24) is 14.9 Å². The summed E-state index contributed by atoms with van der Waals surface area (Å²) in [7, 11) is -4.19. The summed E-state index contributed by atoms with van der Waals surface area (Å²) in [5, 5.41) is 12.9. The van der Waals surface area contributed by atoms with Gasteiger partial charge >= 0.3 is 12.1 Å². The second kappa shape index (κ2) is 17.1. The number of fused-ring (bicyclic) bond motifs is 6. The zero-order valence-corrected chi connectivity index (χ0v) is 37.9. The van der Waals surface area contributed by atoms with E-state index < -0.39 is 39.8 Å². The van der Waals surface area contributed by atoms with Crippen LogP contribution in [0.5, 0.6) is 5.75 Å². The number of hydrogen-bond acceptors (Lipinski definition) is 7. The third-order valence-corrected chi connectivity index (χ3v) is 15.4. The fourth-order valence-corrected chi connectivity index (χ4v) is 12.1. The molecule has 11 nitrogen and oxygen atoms in total. The Kier molecular flexibility index (Phi) is 11.5. The zero-order chi connectivity index (χ0) is 44.9. The summed E-state index contributed by atoms with van der Waals surface area (Å²) < 4.78 is 44.9. The maximum absolute atomic E-state index is 14.9. The average Bonchev–Trinajstić information content (AvgIpc) is 3.73. The van der Waals surface area contributed by atoms with Crippen molar-refractivity contribution in [1.29, 1.82) is 0 Å². The highest BCUT2D eigenvalue weighted by Gasteiger charge is 2.38. The summed E-state index contributed by atoms with van der Waals surface area (Å²) in [6, 6.07) is 31.0. The minimum Gasteiger partial charge on any atom is -0.487 e. The summed E-state index contributed by atoms with van der Waals surface area (Å²) >= 11 is 0. The maximum Gasteiger partial charge on any atom is 0.407 e. The Hall–Kier alpha value is -6.14. The summed E-state index contributed by atoms with van der Waals surface area (Å²) in [5.41, 5.74) is 11.3. The Balaban J connectivity index is 0.959. The summed E-state index contributed by atoms with van der Waals surface area (Å²) in [6.45, 7) is 10.6. The van der Waals surface area contributed by atoms with Gasteiger partial charge in [0.2, 0.25) is 5.96 Å². The molecule has 1 amide bonds. The highest BCUT2D eigenvalue weighted by Crippen LogP contribution is 2.46. The van der Waals surface area contributed by atoms with Gasteiger partial charge in [0.05, 0.1) is 4.90 Å². The van der Waals surface area contributed by atoms with Gasteiger partial charge < -0.3 is 24.8 Å². The fourth-order valence-electron chi connectivity index (χ4n) is 10.5. The number of benzene rings is 5. The number of nitrogens with one attached hydrogen (secondary N) is 2. The summed E-state index contributed by atoms with van der Waals surface area (Å²) in [6.07, 6.45) is 2.79. The summed E-state index contributed by atoms with van der Waals surface area (Å²) in [5.74, 6) is -0.361. The molecule has 5 aromatic carbocycles. The topological polar surface area (TPSA) is 147 Å². The molecule has 1 atom stereocenters. The van der Waals surface area contributed by atoms with Gasteiger partial charge in [-0.05, 0) is 134 Å². The van der Waals surface area contributed by atoms with Gasteiger partial charge in [-0.15, -0.1) is 0 Å². The Morgan fingerprint density at radius 3 is 1.94 bits per heavy atom. The standard InChI is InChI=1S/C52H56N4O7S/c1-31-32(2)48(33(3)43-29-52(4,5)63-47(31)43)64(60,61)55-50(54-46-37-16-8-6-14-35(37)22-23-36-15-7-9-17-38(36)46)56-26-24-34(25-27-56)28-45(49(57)58)53-51(59)62-30-44-41-20-12-10-18-39(41)40-19-11-13-21-42(40)44/h6-21,34,44-46H,22-30H2,1-5H3,(H,53,59)(H,54,55)(H,57,58). The molecular formula is C52H56N4O7S. The molecule has 0 bridgehead atoms. The Bertz CT molecular complexity index is 2700. The normalized spacial score (nSPS) is 17.5. The number of amides is 1. The van der Waals surface area contributed by atoms with Gasteiger partial charge in [-0.25, -0.2) is 27.7 Å². The lowest BCUT2D eigenvalue weighted by Gasteiger charge is -2.36. The molecule has 2 aliphatic heterocycles. The quantitative estimate of drug-likeness (QED) is 0.0983. The number of ether oxygens (including phenoxy) is 2. The van der Waals surface area contributed by atoms with E-state index in [1.165, 1.54) is 11.1 Å². The van der Waals surface area contributed by atoms with Gasteiger partial charge in [-0.1, -0.05) is 97.1 Å². The van der Waals surface area contributed by atoms with E-state index in [0.29, 0.717) is 43.5 Å². The van der Waals surface area contributed by atoms with E-state index in [1.807, 2.05) is 100 Å². The van der Waals surface area contributed by atoms with Crippen molar-refractivity contribution < 1.29 is 32.6 Å². The van der Waals surface area contributed by atoms with E-state index in [9.17, 15) is 23.1 Å². The van der Waals surface area contributed by atoms with Crippen LogP contribution in [-0.4, -0.2) is 67.8 Å². The molecule has 0 radical (unpaired) electrons. The smallest absolute Gasteiger partial charge is 0.407 e. The number of hydrogen-bond donors (Lipinski definition) is 3. The molecule has 0 saturated carbocycles. The molecular weight excluding hydrogens is 825 g/mol. The van der Waals surface area contributed by atoms with Crippen molar-refractivity contribution in [3.05, 3.63) is 153 Å². The number of aliphatic carboxylic acids is 1. The number of aryl methyl sites for hydroxylation is 2. The highest BCUT2D eigenvalue weighted by molar-refractivity contribution is 7.90. The van der Waals surface area contributed by atoms with Crippen LogP contribution in [0.3, 0.4) is 0 Å². The molecule has 5 aromatic rings. The van der Waals surface area contributed by atoms with Crippen LogP contribution in [0, 0.1) is 26.7 Å². The molecule has 332 valence electrons. The lowest BCUT2D eigenvalue weighted by atomic mass is 9.90. The predicted octanol–water partition coefficient (Wildman–Crippen LogP) is 8.94. The van der Waals surface area contributed by atoms with Crippen LogP contribution in [0.4, 0.5) is 4.79 Å². The van der Waals surface area contributed by atoms with E-state index in [1.54, 1.807) is 0 Å². The van der Waals surface area contributed by atoms with E-state index in [-0.39, 0.29) is 35.7 Å². The number of rotatable bonds is 9. The number of carbonyl (C=O) groups is 2. The fraction of sp³-hybridized carbons (Fsp3) is 0.365. The van der Waals surface area contributed by atoms with Gasteiger partial charge in [0.1, 0.15) is 30.0 Å². The highest BCUT2D eigenvalue weighted by atomic mass is 32.2. The monoisotopic (exact) mass is 880 g/mol. The van der Waals surface area contributed by atoms with E-state index in [2.05, 4.69) is 46.4 Å². The van der Waals surface area contributed by atoms with Crippen LogP contribution in [0.2, 0.25) is 0 Å². The van der Waals surface area contributed by atoms with Gasteiger partial charge in [0.15, 0.2) is 0 Å². The molecule has 64 heavy (non-hydrogen) atoms. The molecule has 4 aliphatic rings. The minimum absolute atomic E-state index is 0.0735. The van der Waals surface area contributed by atoms with Crippen molar-refractivity contribution in [3.8, 4) is 16.9 Å². The van der Waals surface area contributed by atoms with Gasteiger partial charge in [0, 0.05) is 31.0 Å². The SMILES string of the molecule is Cc1c(C)c(S(=O)(=O)NC(=NC2c3ccccc3CCc3ccccc32)N2CCC(CC(NC(=O)OCC3c4ccccc4-c4ccccc43)C(=O)O)CC2)c(C)c2c1OC(C)(C)C2. The molecule has 1 saturated heterocycles. The number of nitrogens with zero attached hydrogens (tertiary/aromatic N) is 2. The minimum atomic E-state index is -4.19. The van der Waals surface area contributed by atoms with E-state index in [4.69, 9.17) is 14.5 Å². The van der Waals surface area contributed by atoms with Gasteiger partial charge in [-0.2, -0.15) is 0 Å². The lowest BCUT2D eigenvalue weighted by molar-refractivity contribution is -0.139. The van der Waals surface area contributed by atoms with Crippen molar-refractivity contribution in [2.75, 3.05) is 19.7 Å². The third-order valence-electron chi connectivity index (χ3n) is 13.8. The molecule has 0 aromatic heterocycles. The van der Waals surface area contributed by atoms with Crippen molar-refractivity contribution in [3.63, 3.8) is 0 Å². The van der Waals surface area contributed by atoms with Crippen LogP contribution in [-0.2, 0) is 38.8 Å². The molecule has 12 heteroatoms. The van der Waals surface area contributed by atoms with Crippen LogP contribution in [0.25, 0.3) is 11.1 Å². The second-order valence-corrected chi connectivity index (χ2v) is 20.1. The lowest BCUT2D eigenvalue weighted by Crippen LogP contribution is -2.49. The molecule has 2 aliphatic carbocycles. The number of likely N-dealkylation sites (tertiary alicyclic amines) is 1. The molecule has 3 N–H and O–H groups in total. The third kappa shape index (κ3) is 8.24. The number of piperidine rings is 1. The first-order chi connectivity index (χ1) is 30.7. The van der Waals surface area contributed by atoms with E-state index >= 15 is 0 Å². The van der Waals surface area contributed by atoms with Crippen LogP contribution >= 0.6 is 0 Å². The zero-order valence-electron chi connectivity index (χ0n) is 37.1. The number of sulfonamides is 1. The molecule has 1 fully saturated rings. The maximum atomic E-state index is 14.9. The predicted molar refractivity (Wildman–Crippen MR) is 247 cm³/mol. The molecule has 9 rings (SSSR count). The van der Waals surface area contributed by atoms with Gasteiger partial charge in [-0.3, -0.25) is 0 Å². The number of carboxylic acid groups (broad SMARTS) is 1. The first kappa shape index (κ1) is 43.1. The Morgan fingerprint density at radius 1 is 0.812 bits per heavy atom. The van der Waals surface area contributed by atoms with Crippen molar-refractivity contribution >= 4 is 28.0 Å². The number of carboxylic acids is 1. The number of alkyl carbamates (subject to hydrolysis) is 1. The average molecular weight is 881 g/mol. The largest absolute Gasteiger partial charge is 0.487 e. The number of carbonyl (C=O) groups excluding carboxylic acids is 1. The first-order valence-corrected chi connectivity index (χ1v) is 23.8. The van der Waals surface area contributed by atoms with Crippen molar-refractivity contribution in [2.24, 2.45) is 10.9 Å². The number of guanidine groups is 1. The number of aliphatic imine (C=N–C) groups is 1. The van der Waals surface area contributed by atoms with Crippen LogP contribution in [0.15, 0.2) is 107 Å². The Labute approximate surface area is 376 Å². The summed E-state index contributed by atoms with van der Waals surface area (Å²) in [4.78, 5) is 33.4. The van der Waals surface area contributed by atoms with Crippen LogP contribution < -0.4 is 14.8 Å². The molecule has 1 unspecified atom stereocenters. The van der Waals surface area contributed by atoms with E-state index in [0.717, 1.165) is 63.1 Å². The first-order valence-electron chi connectivity index (χ1n) is 22.4. The Morgan fingerprint density at radius 2 is 1.36 bits per heavy atom.